The molecular weight excluding hydrogens is 529 g/mol. The molecule has 4 heterocycles. The molecule has 14 heteroatoms. The number of aromatic nitrogens is 3. The number of hydrogen-bond donors (Lipinski definition) is 3. The van der Waals surface area contributed by atoms with Crippen LogP contribution in [0.3, 0.4) is 0 Å². The Morgan fingerprint density at radius 1 is 1.26 bits per heavy atom. The van der Waals surface area contributed by atoms with Crippen LogP contribution in [0.15, 0.2) is 42.6 Å². The molecule has 3 N–H and O–H groups in total. The van der Waals surface area contributed by atoms with Crippen molar-refractivity contribution in [1.82, 2.24) is 15.0 Å². The fourth-order valence-corrected chi connectivity index (χ4v) is 4.66. The van der Waals surface area contributed by atoms with Crippen LogP contribution in [0.25, 0.3) is 11.3 Å². The Morgan fingerprint density at radius 2 is 2.08 bits per heavy atom. The number of urea groups is 1. The van der Waals surface area contributed by atoms with Crippen molar-refractivity contribution in [2.45, 2.75) is 24.7 Å². The topological polar surface area (TPSA) is 124 Å². The fraction of sp³-hybridized carbons (Fsp3) is 0.333. The van der Waals surface area contributed by atoms with E-state index in [1.807, 2.05) is 4.90 Å². The van der Waals surface area contributed by atoms with Crippen LogP contribution >= 0.6 is 11.6 Å². The zero-order chi connectivity index (χ0) is 27.0. The second-order valence-corrected chi connectivity index (χ2v) is 9.21. The molecule has 1 fully saturated rings. The van der Waals surface area contributed by atoms with Gasteiger partial charge in [0.25, 0.3) is 0 Å². The molecule has 0 unspecified atom stereocenters. The molecule has 2 amide bonds. The van der Waals surface area contributed by atoms with Crippen LogP contribution in [0.4, 0.5) is 35.3 Å². The number of anilines is 3. The number of carbonyl (C=O) groups excluding carboxylic acids is 1. The van der Waals surface area contributed by atoms with Crippen molar-refractivity contribution < 1.29 is 32.9 Å². The molecule has 1 aromatic carbocycles. The Balaban J connectivity index is 1.46. The molecule has 2 bridgehead atoms. The maximum Gasteiger partial charge on any atom is 0.416 e. The Labute approximate surface area is 219 Å². The largest absolute Gasteiger partial charge is 0.461 e. The van der Waals surface area contributed by atoms with E-state index >= 15 is 0 Å². The number of aliphatic hydroxyl groups is 2. The maximum absolute atomic E-state index is 13.5. The van der Waals surface area contributed by atoms with Gasteiger partial charge in [-0.05, 0) is 30.7 Å². The highest BCUT2D eigenvalue weighted by Gasteiger charge is 2.41. The minimum atomic E-state index is -4.54. The van der Waals surface area contributed by atoms with Crippen LogP contribution < -0.4 is 19.9 Å². The summed E-state index contributed by atoms with van der Waals surface area (Å²) in [7, 11) is 0. The van der Waals surface area contributed by atoms with E-state index < -0.39 is 30.5 Å². The summed E-state index contributed by atoms with van der Waals surface area (Å²) in [5.41, 5.74) is 0.0529. The highest BCUT2D eigenvalue weighted by molar-refractivity contribution is 6.33. The van der Waals surface area contributed by atoms with Crippen molar-refractivity contribution in [3.05, 3.63) is 53.2 Å². The number of amides is 2. The summed E-state index contributed by atoms with van der Waals surface area (Å²) in [6.45, 7) is 0.455. The number of pyridine rings is 1. The third-order valence-corrected chi connectivity index (χ3v) is 6.49. The lowest BCUT2D eigenvalue weighted by Gasteiger charge is -2.36. The Bertz CT molecular complexity index is 1360. The predicted molar refractivity (Wildman–Crippen MR) is 132 cm³/mol. The summed E-state index contributed by atoms with van der Waals surface area (Å²) in [5, 5.41) is 21.2. The van der Waals surface area contributed by atoms with Crippen molar-refractivity contribution in [3.8, 4) is 17.3 Å². The van der Waals surface area contributed by atoms with E-state index in [4.69, 9.17) is 21.4 Å². The molecule has 0 spiro atoms. The minimum absolute atomic E-state index is 0.113. The number of ether oxygens (including phenoxy) is 1. The van der Waals surface area contributed by atoms with Crippen LogP contribution in [0.5, 0.6) is 6.01 Å². The first-order chi connectivity index (χ1) is 18.1. The highest BCUT2D eigenvalue weighted by Crippen LogP contribution is 2.43. The number of nitrogens with one attached hydrogen (secondary N) is 1. The SMILES string of the molecule is O=C(Nc1ccnc(OC[C@@H](O)CO)n1)N1c2nc(-c3cccc(C(F)(F)F)c3)c(Cl)cc2N2CC[C@H]1C2. The molecule has 0 radical (unpaired) electrons. The number of benzene rings is 1. The van der Waals surface area contributed by atoms with E-state index in [2.05, 4.69) is 20.3 Å². The molecule has 2 aliphatic rings. The standard InChI is InChI=1S/C24H22ClF3N6O4/c25-17-9-18-21(32-20(17)13-2-1-3-14(8-13)24(26,27)28)34(15-5-7-33(18)10-15)23(37)31-19-4-6-29-22(30-19)38-12-16(36)11-35/h1-4,6,8-9,15-16,35-36H,5,7,10-12H2,(H,29,30,31,37)/t15-,16-/m0/s1. The maximum atomic E-state index is 13.5. The van der Waals surface area contributed by atoms with E-state index in [1.54, 1.807) is 6.07 Å². The monoisotopic (exact) mass is 550 g/mol. The van der Waals surface area contributed by atoms with Crippen LogP contribution in [-0.4, -0.2) is 69.6 Å². The number of carbonyl (C=O) groups is 1. The van der Waals surface area contributed by atoms with Crippen LogP contribution in [0, 0.1) is 0 Å². The van der Waals surface area contributed by atoms with Gasteiger partial charge >= 0.3 is 18.2 Å². The second kappa shape index (κ2) is 10.2. The average Bonchev–Trinajstić information content (AvgIpc) is 3.31. The summed E-state index contributed by atoms with van der Waals surface area (Å²) in [6, 6.07) is 6.86. The molecular formula is C24H22ClF3N6O4. The third-order valence-electron chi connectivity index (χ3n) is 6.20. The van der Waals surface area contributed by atoms with Gasteiger partial charge in [-0.25, -0.2) is 14.8 Å². The molecule has 0 aliphatic carbocycles. The number of aliphatic hydroxyl groups excluding tert-OH is 2. The van der Waals surface area contributed by atoms with Gasteiger partial charge in [0.15, 0.2) is 5.82 Å². The number of nitrogens with zero attached hydrogens (tertiary/aromatic N) is 5. The predicted octanol–water partition coefficient (Wildman–Crippen LogP) is 3.57. The van der Waals surface area contributed by atoms with E-state index in [0.29, 0.717) is 25.2 Å². The van der Waals surface area contributed by atoms with Gasteiger partial charge < -0.3 is 19.8 Å². The summed E-state index contributed by atoms with van der Waals surface area (Å²) in [5.74, 6) is 0.386. The van der Waals surface area contributed by atoms with Gasteiger partial charge in [-0.2, -0.15) is 18.2 Å². The Morgan fingerprint density at radius 3 is 2.84 bits per heavy atom. The lowest BCUT2D eigenvalue weighted by atomic mass is 10.1. The quantitative estimate of drug-likeness (QED) is 0.425. The first kappa shape index (κ1) is 25.9. The van der Waals surface area contributed by atoms with Gasteiger partial charge in [0.1, 0.15) is 18.5 Å². The Hall–Kier alpha value is -3.68. The van der Waals surface area contributed by atoms with Crippen molar-refractivity contribution in [2.24, 2.45) is 0 Å². The minimum Gasteiger partial charge on any atom is -0.461 e. The van der Waals surface area contributed by atoms with Gasteiger partial charge in [-0.15, -0.1) is 0 Å². The lowest BCUT2D eigenvalue weighted by molar-refractivity contribution is -0.137. The van der Waals surface area contributed by atoms with Gasteiger partial charge in [0.05, 0.1) is 34.6 Å². The van der Waals surface area contributed by atoms with Crippen molar-refractivity contribution in [1.29, 1.82) is 0 Å². The third kappa shape index (κ3) is 5.17. The number of halogens is 4. The normalized spacial score (nSPS) is 17.3. The molecule has 2 aliphatic heterocycles. The zero-order valence-corrected chi connectivity index (χ0v) is 20.4. The summed E-state index contributed by atoms with van der Waals surface area (Å²) < 4.78 is 45.2. The van der Waals surface area contributed by atoms with Gasteiger partial charge in [0, 0.05) is 24.8 Å². The number of hydrogen-bond acceptors (Lipinski definition) is 8. The molecule has 3 aromatic rings. The number of alkyl halides is 3. The van der Waals surface area contributed by atoms with E-state index in [-0.39, 0.29) is 46.6 Å². The van der Waals surface area contributed by atoms with Gasteiger partial charge in [0.2, 0.25) is 0 Å². The van der Waals surface area contributed by atoms with E-state index in [1.165, 1.54) is 29.3 Å². The summed E-state index contributed by atoms with van der Waals surface area (Å²) >= 11 is 6.48. The van der Waals surface area contributed by atoms with E-state index in [9.17, 15) is 23.1 Å². The molecule has 0 saturated carbocycles. The first-order valence-corrected chi connectivity index (χ1v) is 12.0. The smallest absolute Gasteiger partial charge is 0.416 e. The van der Waals surface area contributed by atoms with E-state index in [0.717, 1.165) is 12.1 Å². The van der Waals surface area contributed by atoms with Gasteiger partial charge in [-0.1, -0.05) is 23.7 Å². The van der Waals surface area contributed by atoms with Crippen LogP contribution in [-0.2, 0) is 6.18 Å². The van der Waals surface area contributed by atoms with Crippen LogP contribution in [0.1, 0.15) is 12.0 Å². The van der Waals surface area contributed by atoms with Crippen molar-refractivity contribution in [2.75, 3.05) is 41.4 Å². The van der Waals surface area contributed by atoms with Crippen molar-refractivity contribution in [3.63, 3.8) is 0 Å². The molecule has 38 heavy (non-hydrogen) atoms. The number of fused-ring (bicyclic) bond motifs is 4. The summed E-state index contributed by atoms with van der Waals surface area (Å²) in [4.78, 5) is 29.5. The highest BCUT2D eigenvalue weighted by atomic mass is 35.5. The Kier molecular flexibility index (Phi) is 6.99. The second-order valence-electron chi connectivity index (χ2n) is 8.80. The molecule has 10 nitrogen and oxygen atoms in total. The zero-order valence-electron chi connectivity index (χ0n) is 19.7. The van der Waals surface area contributed by atoms with Gasteiger partial charge in [-0.3, -0.25) is 10.2 Å². The number of rotatable bonds is 6. The molecule has 1 saturated heterocycles. The fourth-order valence-electron chi connectivity index (χ4n) is 4.40. The average molecular weight is 551 g/mol. The van der Waals surface area contributed by atoms with Crippen LogP contribution in [0.2, 0.25) is 5.02 Å². The lowest BCUT2D eigenvalue weighted by Crippen LogP contribution is -2.48. The molecule has 2 atom stereocenters. The molecule has 200 valence electrons. The molecule has 2 aromatic heterocycles. The van der Waals surface area contributed by atoms with Crippen molar-refractivity contribution >= 4 is 35.0 Å². The molecule has 5 rings (SSSR count). The first-order valence-electron chi connectivity index (χ1n) is 11.6. The summed E-state index contributed by atoms with van der Waals surface area (Å²) in [6.07, 6.45) is -3.65.